The van der Waals surface area contributed by atoms with Gasteiger partial charge >= 0.3 is 0 Å². The molecule has 40 heavy (non-hydrogen) atoms. The van der Waals surface area contributed by atoms with Crippen molar-refractivity contribution in [3.8, 4) is 22.7 Å². The van der Waals surface area contributed by atoms with Crippen molar-refractivity contribution in [3.63, 3.8) is 0 Å². The number of oxazole rings is 1. The van der Waals surface area contributed by atoms with E-state index in [9.17, 15) is 9.59 Å². The molecule has 7 nitrogen and oxygen atoms in total. The number of carbonyl (C=O) groups is 2. The third-order valence-electron chi connectivity index (χ3n) is 7.77. The van der Waals surface area contributed by atoms with Crippen LogP contribution in [0.5, 0.6) is 0 Å². The van der Waals surface area contributed by atoms with Crippen LogP contribution in [-0.2, 0) is 10.2 Å². The third-order valence-corrected chi connectivity index (χ3v) is 8.65. The number of thiophene rings is 1. The molecule has 3 heterocycles. The quantitative estimate of drug-likeness (QED) is 0.209. The minimum atomic E-state index is -0.319. The van der Waals surface area contributed by atoms with E-state index in [1.54, 1.807) is 6.20 Å². The normalized spacial score (nSPS) is 17.7. The summed E-state index contributed by atoms with van der Waals surface area (Å²) in [5, 5.41) is 12.3. The predicted octanol–water partition coefficient (Wildman–Crippen LogP) is 7.87. The third kappa shape index (κ3) is 5.11. The monoisotopic (exact) mass is 552 g/mol. The van der Waals surface area contributed by atoms with E-state index in [-0.39, 0.29) is 28.9 Å². The number of Topliss-reactive ketones (excluding diaryl/α,β-unsaturated/α-hetero) is 1. The second-order valence-electron chi connectivity index (χ2n) is 11.5. The Bertz CT molecular complexity index is 1660. The fourth-order valence-electron chi connectivity index (χ4n) is 5.49. The molecule has 0 spiro atoms. The maximum absolute atomic E-state index is 13.3. The van der Waals surface area contributed by atoms with Gasteiger partial charge < -0.3 is 9.73 Å². The summed E-state index contributed by atoms with van der Waals surface area (Å²) in [4.78, 5) is 31.8. The number of fused-ring (bicyclic) bond motifs is 1. The molecule has 5 aromatic rings. The minimum absolute atomic E-state index is 0.0166. The molecule has 1 saturated carbocycles. The summed E-state index contributed by atoms with van der Waals surface area (Å²) in [6, 6.07) is 17.5. The van der Waals surface area contributed by atoms with Gasteiger partial charge in [-0.1, -0.05) is 57.9 Å². The number of benzene rings is 2. The van der Waals surface area contributed by atoms with Gasteiger partial charge in [0.2, 0.25) is 11.8 Å². The lowest BCUT2D eigenvalue weighted by Crippen LogP contribution is -2.36. The molecular formula is C32H32N4O3S. The summed E-state index contributed by atoms with van der Waals surface area (Å²) in [7, 11) is 0. The lowest BCUT2D eigenvalue weighted by Gasteiger charge is -2.29. The Kier molecular flexibility index (Phi) is 6.88. The van der Waals surface area contributed by atoms with Crippen molar-refractivity contribution >= 4 is 39.8 Å². The lowest BCUT2D eigenvalue weighted by atomic mass is 9.76. The first-order chi connectivity index (χ1) is 19.3. The van der Waals surface area contributed by atoms with Crippen molar-refractivity contribution in [1.29, 1.82) is 0 Å². The van der Waals surface area contributed by atoms with Crippen LogP contribution in [0.2, 0.25) is 0 Å². The van der Waals surface area contributed by atoms with Crippen molar-refractivity contribution in [1.82, 2.24) is 15.2 Å². The molecule has 3 aromatic heterocycles. The van der Waals surface area contributed by atoms with E-state index in [1.807, 2.05) is 47.8 Å². The fraction of sp³-hybridized carbons (Fsp3) is 0.312. The second-order valence-corrected chi connectivity index (χ2v) is 12.5. The summed E-state index contributed by atoms with van der Waals surface area (Å²) < 4.78 is 6.09. The number of aromatic nitrogens is 3. The van der Waals surface area contributed by atoms with Gasteiger partial charge in [-0.25, -0.2) is 4.98 Å². The molecule has 204 valence electrons. The van der Waals surface area contributed by atoms with E-state index < -0.39 is 0 Å². The van der Waals surface area contributed by atoms with E-state index in [0.717, 1.165) is 58.5 Å². The van der Waals surface area contributed by atoms with Gasteiger partial charge in [-0.3, -0.25) is 14.7 Å². The molecule has 1 aliphatic carbocycles. The number of anilines is 1. The Labute approximate surface area is 237 Å². The minimum Gasteiger partial charge on any atom is -0.436 e. The van der Waals surface area contributed by atoms with Gasteiger partial charge in [-0.15, -0.1) is 11.3 Å². The molecule has 6 rings (SSSR count). The largest absolute Gasteiger partial charge is 0.436 e. The number of aromatic amines is 1. The molecule has 1 amide bonds. The smallest absolute Gasteiger partial charge is 0.231 e. The fourth-order valence-corrected chi connectivity index (χ4v) is 6.22. The number of rotatable bonds is 6. The molecule has 1 aliphatic rings. The Balaban J connectivity index is 1.20. The van der Waals surface area contributed by atoms with Gasteiger partial charge in [-0.2, -0.15) is 5.10 Å². The molecule has 2 atom stereocenters. The lowest BCUT2D eigenvalue weighted by molar-refractivity contribution is -0.121. The standard InChI is InChI=1S/C32H32N4O3S/c1-32(2,3)20-12-15-26-25(17-20)35-31(39-26)24-18-33-36-28(24)19-10-13-21(14-11-19)34-30(38)23-8-5-4-7-22(23)29(37)27-9-6-16-40-27/h6,9-18,22-23H,4-5,7-8H2,1-3H3,(H,33,36)(H,34,38). The summed E-state index contributed by atoms with van der Waals surface area (Å²) >= 11 is 1.44. The van der Waals surface area contributed by atoms with Crippen LogP contribution >= 0.6 is 11.3 Å². The van der Waals surface area contributed by atoms with Crippen LogP contribution in [0.25, 0.3) is 33.8 Å². The molecule has 2 aromatic carbocycles. The average molecular weight is 553 g/mol. The number of ketones is 1. The summed E-state index contributed by atoms with van der Waals surface area (Å²) in [6.07, 6.45) is 5.13. The first kappa shape index (κ1) is 26.2. The predicted molar refractivity (Wildman–Crippen MR) is 158 cm³/mol. The first-order valence-corrected chi connectivity index (χ1v) is 14.6. The maximum atomic E-state index is 13.3. The zero-order valence-corrected chi connectivity index (χ0v) is 23.7. The van der Waals surface area contributed by atoms with Crippen LogP contribution in [0.4, 0.5) is 5.69 Å². The first-order valence-electron chi connectivity index (χ1n) is 13.7. The number of amides is 1. The zero-order chi connectivity index (χ0) is 27.9. The molecular weight excluding hydrogens is 520 g/mol. The zero-order valence-electron chi connectivity index (χ0n) is 22.9. The van der Waals surface area contributed by atoms with Crippen molar-refractivity contribution in [3.05, 3.63) is 76.6 Å². The van der Waals surface area contributed by atoms with Gasteiger partial charge in [-0.05, 0) is 59.5 Å². The van der Waals surface area contributed by atoms with Gasteiger partial charge in [0.25, 0.3) is 0 Å². The highest BCUT2D eigenvalue weighted by Gasteiger charge is 2.36. The Hall–Kier alpha value is -4.04. The second kappa shape index (κ2) is 10.5. The number of H-pyrrole nitrogens is 1. The molecule has 0 aliphatic heterocycles. The van der Waals surface area contributed by atoms with Gasteiger partial charge in [0.05, 0.1) is 22.3 Å². The van der Waals surface area contributed by atoms with E-state index in [1.165, 1.54) is 16.9 Å². The maximum Gasteiger partial charge on any atom is 0.231 e. The number of nitrogens with zero attached hydrogens (tertiary/aromatic N) is 2. The van der Waals surface area contributed by atoms with E-state index in [4.69, 9.17) is 9.40 Å². The van der Waals surface area contributed by atoms with Crippen LogP contribution < -0.4 is 5.32 Å². The Morgan fingerprint density at radius 3 is 2.52 bits per heavy atom. The van der Waals surface area contributed by atoms with E-state index in [2.05, 4.69) is 48.4 Å². The highest BCUT2D eigenvalue weighted by atomic mass is 32.1. The molecule has 0 radical (unpaired) electrons. The summed E-state index contributed by atoms with van der Waals surface area (Å²) in [5.74, 6) is -0.0902. The Morgan fingerprint density at radius 1 is 1.02 bits per heavy atom. The molecule has 2 N–H and O–H groups in total. The molecule has 2 unspecified atom stereocenters. The average Bonchev–Trinajstić information content (AvgIpc) is 3.73. The van der Waals surface area contributed by atoms with Crippen molar-refractivity contribution in [2.75, 3.05) is 5.32 Å². The van der Waals surface area contributed by atoms with Crippen molar-refractivity contribution < 1.29 is 14.0 Å². The van der Waals surface area contributed by atoms with Crippen LogP contribution in [0.15, 0.2) is 70.6 Å². The van der Waals surface area contributed by atoms with Crippen molar-refractivity contribution in [2.45, 2.75) is 51.9 Å². The molecule has 0 saturated heterocycles. The van der Waals surface area contributed by atoms with Crippen LogP contribution in [0, 0.1) is 11.8 Å². The number of hydrogen-bond donors (Lipinski definition) is 2. The number of hydrogen-bond acceptors (Lipinski definition) is 6. The van der Waals surface area contributed by atoms with Gasteiger partial charge in [0, 0.05) is 23.1 Å². The van der Waals surface area contributed by atoms with E-state index >= 15 is 0 Å². The van der Waals surface area contributed by atoms with Crippen LogP contribution in [-0.4, -0.2) is 26.9 Å². The van der Waals surface area contributed by atoms with E-state index in [0.29, 0.717) is 11.6 Å². The highest BCUT2D eigenvalue weighted by Crippen LogP contribution is 2.36. The summed E-state index contributed by atoms with van der Waals surface area (Å²) in [6.45, 7) is 6.52. The van der Waals surface area contributed by atoms with Gasteiger partial charge in [0.1, 0.15) is 5.52 Å². The number of nitrogens with one attached hydrogen (secondary N) is 2. The Morgan fingerprint density at radius 2 is 1.80 bits per heavy atom. The van der Waals surface area contributed by atoms with Crippen LogP contribution in [0.3, 0.4) is 0 Å². The molecule has 1 fully saturated rings. The highest BCUT2D eigenvalue weighted by molar-refractivity contribution is 7.12. The number of carbonyl (C=O) groups excluding carboxylic acids is 2. The SMILES string of the molecule is CC(C)(C)c1ccc2oc(-c3cn[nH]c3-c3ccc(NC(=O)C4CCCCC4C(=O)c4cccs4)cc3)nc2c1. The summed E-state index contributed by atoms with van der Waals surface area (Å²) in [5.41, 5.74) is 5.89. The molecule has 0 bridgehead atoms. The topological polar surface area (TPSA) is 101 Å². The van der Waals surface area contributed by atoms with Crippen molar-refractivity contribution in [2.24, 2.45) is 11.8 Å². The molecule has 8 heteroatoms. The van der Waals surface area contributed by atoms with Crippen LogP contribution in [0.1, 0.15) is 61.7 Å². The van der Waals surface area contributed by atoms with Gasteiger partial charge in [0.15, 0.2) is 11.4 Å².